The van der Waals surface area contributed by atoms with Gasteiger partial charge in [0, 0.05) is 6.54 Å². The van der Waals surface area contributed by atoms with Crippen LogP contribution in [0.5, 0.6) is 0 Å². The lowest BCUT2D eigenvalue weighted by Gasteiger charge is -2.04. The highest BCUT2D eigenvalue weighted by Crippen LogP contribution is 2.27. The second kappa shape index (κ2) is 6.89. The molecule has 90 valence electrons. The van der Waals surface area contributed by atoms with E-state index in [9.17, 15) is 4.79 Å². The van der Waals surface area contributed by atoms with E-state index in [-0.39, 0.29) is 18.3 Å². The molecule has 0 saturated heterocycles. The summed E-state index contributed by atoms with van der Waals surface area (Å²) in [5.74, 6) is 0.913. The Morgan fingerprint density at radius 1 is 1.50 bits per heavy atom. The number of amides is 1. The van der Waals surface area contributed by atoms with Gasteiger partial charge in [-0.3, -0.25) is 4.79 Å². The average molecular weight is 261 g/mol. The third-order valence-corrected chi connectivity index (χ3v) is 3.22. The van der Waals surface area contributed by atoms with Gasteiger partial charge in [-0.2, -0.15) is 11.3 Å². The van der Waals surface area contributed by atoms with E-state index in [4.69, 9.17) is 0 Å². The molecule has 1 amide bonds. The molecule has 0 bridgehead atoms. The monoisotopic (exact) mass is 260 g/mol. The summed E-state index contributed by atoms with van der Waals surface area (Å²) >= 11 is 1.65. The van der Waals surface area contributed by atoms with Gasteiger partial charge in [0.25, 0.3) is 0 Å². The first-order valence-corrected chi connectivity index (χ1v) is 6.27. The summed E-state index contributed by atoms with van der Waals surface area (Å²) < 4.78 is 0. The van der Waals surface area contributed by atoms with Gasteiger partial charge in [0.15, 0.2) is 0 Å². The van der Waals surface area contributed by atoms with Crippen molar-refractivity contribution in [3.8, 4) is 0 Å². The third kappa shape index (κ3) is 4.96. The molecule has 1 aromatic heterocycles. The highest BCUT2D eigenvalue weighted by molar-refractivity contribution is 7.07. The minimum absolute atomic E-state index is 0. The molecule has 5 heteroatoms. The van der Waals surface area contributed by atoms with Crippen molar-refractivity contribution in [3.05, 3.63) is 22.4 Å². The van der Waals surface area contributed by atoms with Crippen molar-refractivity contribution in [1.82, 2.24) is 10.6 Å². The lowest BCUT2D eigenvalue weighted by molar-refractivity contribution is -0.120. The molecule has 1 saturated carbocycles. The topological polar surface area (TPSA) is 41.1 Å². The summed E-state index contributed by atoms with van der Waals surface area (Å²) in [5.41, 5.74) is 1.18. The van der Waals surface area contributed by atoms with E-state index in [0.29, 0.717) is 13.1 Å². The predicted octanol–water partition coefficient (Wildman–Crippen LogP) is 1.79. The molecule has 16 heavy (non-hydrogen) atoms. The van der Waals surface area contributed by atoms with Gasteiger partial charge in [-0.15, -0.1) is 12.4 Å². The van der Waals surface area contributed by atoms with Crippen LogP contribution in [0.1, 0.15) is 18.4 Å². The SMILES string of the molecule is Cl.O=C(CNCC1CC1)NCc1ccsc1. The highest BCUT2D eigenvalue weighted by Gasteiger charge is 2.20. The average Bonchev–Trinajstić information content (AvgIpc) is 2.91. The normalized spacial score (nSPS) is 14.2. The van der Waals surface area contributed by atoms with Crippen molar-refractivity contribution in [2.45, 2.75) is 19.4 Å². The fourth-order valence-corrected chi connectivity index (χ4v) is 2.04. The van der Waals surface area contributed by atoms with Crippen LogP contribution in [-0.4, -0.2) is 19.0 Å². The number of thiophene rings is 1. The van der Waals surface area contributed by atoms with E-state index < -0.39 is 0 Å². The van der Waals surface area contributed by atoms with Crippen LogP contribution in [0.25, 0.3) is 0 Å². The van der Waals surface area contributed by atoms with Crippen LogP contribution < -0.4 is 10.6 Å². The van der Waals surface area contributed by atoms with Gasteiger partial charge < -0.3 is 10.6 Å². The fraction of sp³-hybridized carbons (Fsp3) is 0.545. The Balaban J connectivity index is 0.00000128. The van der Waals surface area contributed by atoms with Crippen LogP contribution in [0.15, 0.2) is 16.8 Å². The number of hydrogen-bond acceptors (Lipinski definition) is 3. The molecule has 0 radical (unpaired) electrons. The number of nitrogens with one attached hydrogen (secondary N) is 2. The summed E-state index contributed by atoms with van der Waals surface area (Å²) in [4.78, 5) is 11.4. The first kappa shape index (κ1) is 13.5. The molecule has 0 unspecified atom stereocenters. The van der Waals surface area contributed by atoms with E-state index in [2.05, 4.69) is 16.0 Å². The maximum absolute atomic E-state index is 11.4. The van der Waals surface area contributed by atoms with E-state index >= 15 is 0 Å². The largest absolute Gasteiger partial charge is 0.351 e. The van der Waals surface area contributed by atoms with Gasteiger partial charge >= 0.3 is 0 Å². The van der Waals surface area contributed by atoms with Crippen molar-refractivity contribution >= 4 is 29.7 Å². The number of halogens is 1. The molecular formula is C11H17ClN2OS. The smallest absolute Gasteiger partial charge is 0.234 e. The third-order valence-electron chi connectivity index (χ3n) is 2.49. The van der Waals surface area contributed by atoms with Crippen LogP contribution in [0, 0.1) is 5.92 Å². The number of carbonyl (C=O) groups excluding carboxylic acids is 1. The number of carbonyl (C=O) groups is 1. The summed E-state index contributed by atoms with van der Waals surface area (Å²) in [6.07, 6.45) is 2.65. The predicted molar refractivity (Wildman–Crippen MR) is 69.0 cm³/mol. The van der Waals surface area contributed by atoms with Crippen LogP contribution in [0.2, 0.25) is 0 Å². The molecule has 0 spiro atoms. The van der Waals surface area contributed by atoms with Gasteiger partial charge in [-0.1, -0.05) is 0 Å². The Morgan fingerprint density at radius 2 is 2.31 bits per heavy atom. The minimum Gasteiger partial charge on any atom is -0.351 e. The second-order valence-corrected chi connectivity index (χ2v) is 4.76. The van der Waals surface area contributed by atoms with E-state index in [1.165, 1.54) is 18.4 Å². The van der Waals surface area contributed by atoms with Gasteiger partial charge in [0.1, 0.15) is 0 Å². The number of hydrogen-bond donors (Lipinski definition) is 2. The molecule has 1 fully saturated rings. The van der Waals surface area contributed by atoms with Gasteiger partial charge in [-0.25, -0.2) is 0 Å². The molecule has 3 nitrogen and oxygen atoms in total. The lowest BCUT2D eigenvalue weighted by atomic mass is 10.3. The summed E-state index contributed by atoms with van der Waals surface area (Å²) in [5, 5.41) is 10.1. The minimum atomic E-state index is 0. The van der Waals surface area contributed by atoms with Crippen LogP contribution >= 0.6 is 23.7 Å². The summed E-state index contributed by atoms with van der Waals surface area (Å²) in [7, 11) is 0. The quantitative estimate of drug-likeness (QED) is 0.819. The van der Waals surface area contributed by atoms with Crippen LogP contribution in [0.4, 0.5) is 0 Å². The zero-order valence-corrected chi connectivity index (χ0v) is 10.7. The molecule has 0 aliphatic heterocycles. The maximum Gasteiger partial charge on any atom is 0.234 e. The highest BCUT2D eigenvalue weighted by atomic mass is 35.5. The Hall–Kier alpha value is -0.580. The van der Waals surface area contributed by atoms with Crippen molar-refractivity contribution < 1.29 is 4.79 Å². The van der Waals surface area contributed by atoms with Gasteiger partial charge in [0.2, 0.25) is 5.91 Å². The molecule has 2 rings (SSSR count). The molecule has 0 aromatic carbocycles. The molecule has 2 N–H and O–H groups in total. The Bertz CT molecular complexity index is 312. The van der Waals surface area contributed by atoms with Crippen molar-refractivity contribution in [1.29, 1.82) is 0 Å². The van der Waals surface area contributed by atoms with Crippen molar-refractivity contribution in [2.75, 3.05) is 13.1 Å². The van der Waals surface area contributed by atoms with E-state index in [1.807, 2.05) is 11.4 Å². The van der Waals surface area contributed by atoms with Crippen LogP contribution in [0.3, 0.4) is 0 Å². The summed E-state index contributed by atoms with van der Waals surface area (Å²) in [6.45, 7) is 2.08. The second-order valence-electron chi connectivity index (χ2n) is 3.98. The zero-order valence-electron chi connectivity index (χ0n) is 9.07. The van der Waals surface area contributed by atoms with E-state index in [1.54, 1.807) is 11.3 Å². The van der Waals surface area contributed by atoms with Crippen LogP contribution in [-0.2, 0) is 11.3 Å². The van der Waals surface area contributed by atoms with Crippen molar-refractivity contribution in [3.63, 3.8) is 0 Å². The number of rotatable bonds is 6. The van der Waals surface area contributed by atoms with Crippen molar-refractivity contribution in [2.24, 2.45) is 5.92 Å². The van der Waals surface area contributed by atoms with Gasteiger partial charge in [-0.05, 0) is 47.7 Å². The molecular weight excluding hydrogens is 244 g/mol. The van der Waals surface area contributed by atoms with E-state index in [0.717, 1.165) is 12.5 Å². The van der Waals surface area contributed by atoms with Gasteiger partial charge in [0.05, 0.1) is 6.54 Å². The molecule has 1 aliphatic rings. The first-order chi connectivity index (χ1) is 7.34. The molecule has 1 heterocycles. The lowest BCUT2D eigenvalue weighted by Crippen LogP contribution is -2.34. The maximum atomic E-state index is 11.4. The fourth-order valence-electron chi connectivity index (χ4n) is 1.37. The Labute approximate surface area is 106 Å². The molecule has 1 aromatic rings. The summed E-state index contributed by atoms with van der Waals surface area (Å²) in [6, 6.07) is 2.03. The zero-order chi connectivity index (χ0) is 10.5. The Kier molecular flexibility index (Phi) is 5.80. The standard InChI is InChI=1S/C11H16N2OS.ClH/c14-11(7-12-5-9-1-2-9)13-6-10-3-4-15-8-10;/h3-4,8-9,12H,1-2,5-7H2,(H,13,14);1H. The molecule has 0 atom stereocenters. The Morgan fingerprint density at radius 3 is 2.94 bits per heavy atom. The molecule has 1 aliphatic carbocycles. The first-order valence-electron chi connectivity index (χ1n) is 5.33.